The number of nitrogens with zero attached hydrogens (tertiary/aromatic N) is 2. The van der Waals surface area contributed by atoms with Crippen LogP contribution < -0.4 is 10.2 Å². The van der Waals surface area contributed by atoms with Crippen LogP contribution in [0.15, 0.2) is 82.4 Å². The second-order valence-electron chi connectivity index (χ2n) is 5.99. The third-order valence-corrected chi connectivity index (χ3v) is 4.40. The molecular weight excluding hydrogens is 438 g/mol. The van der Waals surface area contributed by atoms with Gasteiger partial charge in [0.05, 0.1) is 11.1 Å². The van der Waals surface area contributed by atoms with Crippen LogP contribution in [0.25, 0.3) is 0 Å². The maximum Gasteiger partial charge on any atom is 0.271 e. The Morgan fingerprint density at radius 1 is 1.10 bits per heavy atom. The highest BCUT2D eigenvalue weighted by molar-refractivity contribution is 9.10. The zero-order valence-electron chi connectivity index (χ0n) is 15.1. The van der Waals surface area contributed by atoms with Gasteiger partial charge < -0.3 is 4.74 Å². The van der Waals surface area contributed by atoms with Crippen molar-refractivity contribution < 1.29 is 14.5 Å². The largest absolute Gasteiger partial charge is 0.489 e. The number of halogens is 1. The number of nitrogens with one attached hydrogen (secondary N) is 1. The SMILES string of the molecule is O=C(N/N=C\c1cccc(OCc2ccc(Br)cc2)c1)c1cccc([N+](=O)[O-])c1. The fourth-order valence-electron chi connectivity index (χ4n) is 2.42. The zero-order valence-corrected chi connectivity index (χ0v) is 16.7. The van der Waals surface area contributed by atoms with Crippen LogP contribution in [0.4, 0.5) is 5.69 Å². The Bertz CT molecular complexity index is 1050. The van der Waals surface area contributed by atoms with Crippen molar-refractivity contribution in [2.45, 2.75) is 6.61 Å². The molecule has 0 aliphatic carbocycles. The number of rotatable bonds is 7. The molecular formula is C21H16BrN3O4. The monoisotopic (exact) mass is 453 g/mol. The standard InChI is InChI=1S/C21H16BrN3O4/c22-18-9-7-15(8-10-18)14-29-20-6-1-3-16(11-20)13-23-24-21(26)17-4-2-5-19(12-17)25(27)28/h1-13H,14H2,(H,24,26)/b23-13-. The molecule has 0 unspecified atom stereocenters. The summed E-state index contributed by atoms with van der Waals surface area (Å²) in [4.78, 5) is 22.3. The number of ether oxygens (including phenoxy) is 1. The van der Waals surface area contributed by atoms with E-state index in [0.717, 1.165) is 15.6 Å². The Hall–Kier alpha value is -3.52. The van der Waals surface area contributed by atoms with E-state index in [1.54, 1.807) is 6.07 Å². The van der Waals surface area contributed by atoms with Crippen molar-refractivity contribution in [3.8, 4) is 5.75 Å². The van der Waals surface area contributed by atoms with Crippen molar-refractivity contribution in [3.05, 3.63) is 104 Å². The summed E-state index contributed by atoms with van der Waals surface area (Å²) in [5.74, 6) is 0.134. The van der Waals surface area contributed by atoms with Gasteiger partial charge in [0, 0.05) is 22.2 Å². The fourth-order valence-corrected chi connectivity index (χ4v) is 2.69. The number of non-ortho nitro benzene ring substituents is 1. The smallest absolute Gasteiger partial charge is 0.271 e. The molecule has 0 atom stereocenters. The first-order valence-electron chi connectivity index (χ1n) is 8.56. The molecule has 146 valence electrons. The van der Waals surface area contributed by atoms with Gasteiger partial charge in [0.25, 0.3) is 11.6 Å². The number of hydrogen-bond acceptors (Lipinski definition) is 5. The molecule has 0 heterocycles. The Labute approximate surface area is 175 Å². The molecule has 0 aliphatic heterocycles. The van der Waals surface area contributed by atoms with Gasteiger partial charge in [-0.3, -0.25) is 14.9 Å². The summed E-state index contributed by atoms with van der Waals surface area (Å²) in [6, 6.07) is 20.5. The topological polar surface area (TPSA) is 93.8 Å². The first kappa shape index (κ1) is 20.2. The number of carbonyl (C=O) groups excluding carboxylic acids is 1. The predicted octanol–water partition coefficient (Wildman–Crippen LogP) is 4.70. The molecule has 29 heavy (non-hydrogen) atoms. The van der Waals surface area contributed by atoms with Crippen LogP contribution in [0.2, 0.25) is 0 Å². The van der Waals surface area contributed by atoms with Crippen LogP contribution in [0.3, 0.4) is 0 Å². The molecule has 3 aromatic rings. The summed E-state index contributed by atoms with van der Waals surface area (Å²) in [7, 11) is 0. The van der Waals surface area contributed by atoms with Crippen LogP contribution in [0.1, 0.15) is 21.5 Å². The van der Waals surface area contributed by atoms with E-state index < -0.39 is 10.8 Å². The first-order valence-corrected chi connectivity index (χ1v) is 9.36. The van der Waals surface area contributed by atoms with Gasteiger partial charge >= 0.3 is 0 Å². The number of nitro benzene ring substituents is 1. The maximum absolute atomic E-state index is 12.1. The third kappa shape index (κ3) is 5.98. The molecule has 0 aromatic heterocycles. The lowest BCUT2D eigenvalue weighted by atomic mass is 10.2. The molecule has 0 saturated heterocycles. The summed E-state index contributed by atoms with van der Waals surface area (Å²) < 4.78 is 6.78. The summed E-state index contributed by atoms with van der Waals surface area (Å²) >= 11 is 3.39. The van der Waals surface area contributed by atoms with Crippen molar-refractivity contribution in [1.82, 2.24) is 5.43 Å². The first-order chi connectivity index (χ1) is 14.0. The number of hydrogen-bond donors (Lipinski definition) is 1. The molecule has 3 aromatic carbocycles. The van der Waals surface area contributed by atoms with Crippen LogP contribution in [0.5, 0.6) is 5.75 Å². The van der Waals surface area contributed by atoms with Gasteiger partial charge in [-0.2, -0.15) is 5.10 Å². The highest BCUT2D eigenvalue weighted by Gasteiger charge is 2.10. The summed E-state index contributed by atoms with van der Waals surface area (Å²) in [6.45, 7) is 0.428. The van der Waals surface area contributed by atoms with Gasteiger partial charge in [0.1, 0.15) is 12.4 Å². The highest BCUT2D eigenvalue weighted by Crippen LogP contribution is 2.16. The number of nitro groups is 1. The molecule has 0 aliphatic rings. The van der Waals surface area contributed by atoms with Gasteiger partial charge in [-0.15, -0.1) is 0 Å². The highest BCUT2D eigenvalue weighted by atomic mass is 79.9. The summed E-state index contributed by atoms with van der Waals surface area (Å²) in [5, 5.41) is 14.7. The van der Waals surface area contributed by atoms with Crippen molar-refractivity contribution in [3.63, 3.8) is 0 Å². The summed E-state index contributed by atoms with van der Waals surface area (Å²) in [5.41, 5.74) is 4.13. The predicted molar refractivity (Wildman–Crippen MR) is 113 cm³/mol. The molecule has 0 saturated carbocycles. The molecule has 0 spiro atoms. The molecule has 0 bridgehead atoms. The second kappa shape index (κ2) is 9.61. The van der Waals surface area contributed by atoms with Crippen LogP contribution in [-0.2, 0) is 6.61 Å². The minimum absolute atomic E-state index is 0.155. The lowest BCUT2D eigenvalue weighted by Gasteiger charge is -2.07. The molecule has 1 amide bonds. The zero-order chi connectivity index (χ0) is 20.6. The van der Waals surface area contributed by atoms with Gasteiger partial charge in [-0.25, -0.2) is 5.43 Å². The van der Waals surface area contributed by atoms with E-state index in [4.69, 9.17) is 4.74 Å². The van der Waals surface area contributed by atoms with E-state index in [-0.39, 0.29) is 11.3 Å². The Kier molecular flexibility index (Phi) is 6.70. The van der Waals surface area contributed by atoms with E-state index in [1.807, 2.05) is 42.5 Å². The van der Waals surface area contributed by atoms with E-state index in [0.29, 0.717) is 12.4 Å². The van der Waals surface area contributed by atoms with Crippen molar-refractivity contribution in [2.24, 2.45) is 5.10 Å². The average molecular weight is 454 g/mol. The van der Waals surface area contributed by atoms with E-state index in [1.165, 1.54) is 30.5 Å². The average Bonchev–Trinajstić information content (AvgIpc) is 2.73. The van der Waals surface area contributed by atoms with Crippen molar-refractivity contribution in [1.29, 1.82) is 0 Å². The Morgan fingerprint density at radius 3 is 2.62 bits per heavy atom. The van der Waals surface area contributed by atoms with Crippen molar-refractivity contribution >= 4 is 33.7 Å². The maximum atomic E-state index is 12.1. The fraction of sp³-hybridized carbons (Fsp3) is 0.0476. The molecule has 1 N–H and O–H groups in total. The minimum Gasteiger partial charge on any atom is -0.489 e. The number of carbonyl (C=O) groups is 1. The normalized spacial score (nSPS) is 10.7. The van der Waals surface area contributed by atoms with Gasteiger partial charge in [0.2, 0.25) is 0 Å². The minimum atomic E-state index is -0.556. The van der Waals surface area contributed by atoms with E-state index >= 15 is 0 Å². The van der Waals surface area contributed by atoms with Crippen LogP contribution in [-0.4, -0.2) is 17.0 Å². The Morgan fingerprint density at radius 2 is 1.86 bits per heavy atom. The van der Waals surface area contributed by atoms with E-state index in [9.17, 15) is 14.9 Å². The van der Waals surface area contributed by atoms with Gasteiger partial charge in [-0.1, -0.05) is 46.3 Å². The molecule has 3 rings (SSSR count). The molecule has 0 fully saturated rings. The molecule has 0 radical (unpaired) electrons. The van der Waals surface area contributed by atoms with Crippen molar-refractivity contribution in [2.75, 3.05) is 0 Å². The lowest BCUT2D eigenvalue weighted by Crippen LogP contribution is -2.17. The lowest BCUT2D eigenvalue weighted by molar-refractivity contribution is -0.384. The Balaban J connectivity index is 1.58. The number of amides is 1. The summed E-state index contributed by atoms with van der Waals surface area (Å²) in [6.07, 6.45) is 1.47. The van der Waals surface area contributed by atoms with Gasteiger partial charge in [-0.05, 0) is 41.5 Å². The quantitative estimate of drug-likeness (QED) is 0.318. The van der Waals surface area contributed by atoms with Crippen LogP contribution >= 0.6 is 15.9 Å². The number of hydrazone groups is 1. The second-order valence-corrected chi connectivity index (χ2v) is 6.91. The van der Waals surface area contributed by atoms with E-state index in [2.05, 4.69) is 26.5 Å². The van der Waals surface area contributed by atoms with Crippen LogP contribution in [0, 0.1) is 10.1 Å². The third-order valence-electron chi connectivity index (χ3n) is 3.88. The van der Waals surface area contributed by atoms with Gasteiger partial charge in [0.15, 0.2) is 0 Å². The molecule has 7 nitrogen and oxygen atoms in total. The molecule has 8 heteroatoms. The number of benzene rings is 3.